The van der Waals surface area contributed by atoms with Crippen LogP contribution in [0.25, 0.3) is 0 Å². The Morgan fingerprint density at radius 3 is 2.42 bits per heavy atom. The lowest BCUT2D eigenvalue weighted by atomic mass is 10.2. The molecule has 132 valence electrons. The Morgan fingerprint density at radius 1 is 1.21 bits per heavy atom. The van der Waals surface area contributed by atoms with E-state index in [-0.39, 0.29) is 5.91 Å². The molecule has 0 saturated heterocycles. The predicted molar refractivity (Wildman–Crippen MR) is 93.8 cm³/mol. The fraction of sp³-hybridized carbons (Fsp3) is 0.556. The first kappa shape index (κ1) is 18.3. The van der Waals surface area contributed by atoms with Gasteiger partial charge in [0.15, 0.2) is 0 Å². The van der Waals surface area contributed by atoms with Crippen LogP contribution in [0.3, 0.4) is 0 Å². The summed E-state index contributed by atoms with van der Waals surface area (Å²) in [7, 11) is 3.32. The van der Waals surface area contributed by atoms with Gasteiger partial charge in [-0.2, -0.15) is 0 Å². The molecule has 1 fully saturated rings. The largest absolute Gasteiger partial charge is 0.374 e. The zero-order valence-electron chi connectivity index (χ0n) is 14.7. The van der Waals surface area contributed by atoms with Crippen LogP contribution < -0.4 is 10.6 Å². The average molecular weight is 333 g/mol. The highest BCUT2D eigenvalue weighted by Crippen LogP contribution is 2.22. The highest BCUT2D eigenvalue weighted by molar-refractivity contribution is 5.93. The molecule has 0 radical (unpaired) electrons. The zero-order chi connectivity index (χ0) is 17.5. The van der Waals surface area contributed by atoms with Crippen molar-refractivity contribution in [3.8, 4) is 0 Å². The molecule has 1 aliphatic carbocycles. The lowest BCUT2D eigenvalue weighted by molar-refractivity contribution is -0.130. The molecular weight excluding hydrogens is 306 g/mol. The van der Waals surface area contributed by atoms with Crippen molar-refractivity contribution >= 4 is 17.6 Å². The topological polar surface area (TPSA) is 70.7 Å². The first-order chi connectivity index (χ1) is 11.5. The normalized spacial score (nSPS) is 15.8. The molecule has 24 heavy (non-hydrogen) atoms. The van der Waals surface area contributed by atoms with Crippen molar-refractivity contribution < 1.29 is 14.3 Å². The summed E-state index contributed by atoms with van der Waals surface area (Å²) in [6.07, 6.45) is 5.23. The molecule has 0 heterocycles. The Hall–Kier alpha value is -2.08. The first-order valence-electron chi connectivity index (χ1n) is 8.45. The molecule has 0 aliphatic heterocycles. The summed E-state index contributed by atoms with van der Waals surface area (Å²) < 4.78 is 5.87. The number of nitrogens with one attached hydrogen (secondary N) is 2. The Labute approximate surface area is 143 Å². The molecule has 2 N–H and O–H groups in total. The van der Waals surface area contributed by atoms with Gasteiger partial charge in [0.25, 0.3) is 0 Å². The van der Waals surface area contributed by atoms with E-state index in [9.17, 15) is 9.59 Å². The van der Waals surface area contributed by atoms with Crippen LogP contribution in [-0.2, 0) is 16.1 Å². The minimum Gasteiger partial charge on any atom is -0.374 e. The number of carbonyl (C=O) groups is 2. The van der Waals surface area contributed by atoms with Crippen LogP contribution in [0.5, 0.6) is 0 Å². The molecule has 1 aliphatic rings. The van der Waals surface area contributed by atoms with E-state index in [0.29, 0.717) is 18.4 Å². The number of anilines is 1. The summed E-state index contributed by atoms with van der Waals surface area (Å²) in [6, 6.07) is 6.60. The molecule has 1 aromatic carbocycles. The van der Waals surface area contributed by atoms with Crippen LogP contribution in [-0.4, -0.2) is 43.1 Å². The van der Waals surface area contributed by atoms with Crippen molar-refractivity contribution in [2.75, 3.05) is 19.4 Å². The lowest BCUT2D eigenvalue weighted by Gasteiger charge is -2.18. The summed E-state index contributed by atoms with van der Waals surface area (Å²) >= 11 is 0. The van der Waals surface area contributed by atoms with E-state index in [0.717, 1.165) is 18.4 Å². The lowest BCUT2D eigenvalue weighted by Crippen LogP contribution is -2.45. The number of hydrogen-bond acceptors (Lipinski definition) is 3. The molecule has 6 nitrogen and oxygen atoms in total. The number of hydrogen-bond donors (Lipinski definition) is 2. The van der Waals surface area contributed by atoms with E-state index in [2.05, 4.69) is 10.6 Å². The van der Waals surface area contributed by atoms with E-state index < -0.39 is 12.1 Å². The Kier molecular flexibility index (Phi) is 6.61. The van der Waals surface area contributed by atoms with Gasteiger partial charge in [-0.15, -0.1) is 0 Å². The maximum atomic E-state index is 11.9. The number of benzene rings is 1. The third-order valence-electron chi connectivity index (χ3n) is 4.16. The third kappa shape index (κ3) is 5.53. The number of carbonyl (C=O) groups excluding carboxylic acids is 2. The van der Waals surface area contributed by atoms with Gasteiger partial charge in [-0.05, 0) is 37.5 Å². The van der Waals surface area contributed by atoms with Crippen molar-refractivity contribution in [3.63, 3.8) is 0 Å². The molecule has 0 bridgehead atoms. The SMILES string of the molecule is C[C@H](NC(=O)Nc1ccc(COC2CCCC2)cc1)C(=O)N(C)C. The second-order valence-corrected chi connectivity index (χ2v) is 6.47. The summed E-state index contributed by atoms with van der Waals surface area (Å²) in [4.78, 5) is 25.1. The smallest absolute Gasteiger partial charge is 0.319 e. The monoisotopic (exact) mass is 333 g/mol. The quantitative estimate of drug-likeness (QED) is 0.841. The fourth-order valence-electron chi connectivity index (χ4n) is 2.77. The molecule has 2 rings (SSSR count). The van der Waals surface area contributed by atoms with Crippen LogP contribution in [0, 0.1) is 0 Å². The Balaban J connectivity index is 1.78. The number of likely N-dealkylation sites (N-methyl/N-ethyl adjacent to an activating group) is 1. The van der Waals surface area contributed by atoms with Gasteiger partial charge in [0.2, 0.25) is 5.91 Å². The number of rotatable bonds is 6. The van der Waals surface area contributed by atoms with Gasteiger partial charge in [0.05, 0.1) is 12.7 Å². The predicted octanol–water partition coefficient (Wildman–Crippen LogP) is 2.74. The molecule has 6 heteroatoms. The van der Waals surface area contributed by atoms with E-state index in [1.54, 1.807) is 21.0 Å². The summed E-state index contributed by atoms with van der Waals surface area (Å²) in [5, 5.41) is 5.35. The molecule has 3 amide bonds. The minimum atomic E-state index is -0.570. The zero-order valence-corrected chi connectivity index (χ0v) is 14.7. The van der Waals surface area contributed by atoms with E-state index in [4.69, 9.17) is 4.74 Å². The highest BCUT2D eigenvalue weighted by atomic mass is 16.5. The van der Waals surface area contributed by atoms with E-state index in [1.807, 2.05) is 24.3 Å². The molecule has 0 aromatic heterocycles. The van der Waals surface area contributed by atoms with Gasteiger partial charge < -0.3 is 20.3 Å². The van der Waals surface area contributed by atoms with Crippen molar-refractivity contribution in [2.24, 2.45) is 0 Å². The van der Waals surface area contributed by atoms with Crippen molar-refractivity contribution in [1.29, 1.82) is 0 Å². The molecular formula is C18H27N3O3. The van der Waals surface area contributed by atoms with E-state index in [1.165, 1.54) is 17.7 Å². The fourth-order valence-corrected chi connectivity index (χ4v) is 2.77. The van der Waals surface area contributed by atoms with Gasteiger partial charge in [-0.1, -0.05) is 25.0 Å². The van der Waals surface area contributed by atoms with Crippen LogP contribution in [0.4, 0.5) is 10.5 Å². The second-order valence-electron chi connectivity index (χ2n) is 6.47. The number of nitrogens with zero attached hydrogens (tertiary/aromatic N) is 1. The van der Waals surface area contributed by atoms with Crippen molar-refractivity contribution in [2.45, 2.75) is 51.4 Å². The standard InChI is InChI=1S/C18H27N3O3/c1-13(17(22)21(2)3)19-18(23)20-15-10-8-14(9-11-15)12-24-16-6-4-5-7-16/h8-11,13,16H,4-7,12H2,1-3H3,(H2,19,20,23)/t13-/m0/s1. The maximum absolute atomic E-state index is 11.9. The van der Waals surface area contributed by atoms with Crippen LogP contribution in [0.1, 0.15) is 38.2 Å². The summed E-state index contributed by atoms with van der Waals surface area (Å²) in [5.41, 5.74) is 1.77. The highest BCUT2D eigenvalue weighted by Gasteiger charge is 2.17. The summed E-state index contributed by atoms with van der Waals surface area (Å²) in [6.45, 7) is 2.26. The Bertz CT molecular complexity index is 551. The van der Waals surface area contributed by atoms with E-state index >= 15 is 0 Å². The van der Waals surface area contributed by atoms with Gasteiger partial charge in [-0.3, -0.25) is 4.79 Å². The van der Waals surface area contributed by atoms with Crippen LogP contribution in [0.2, 0.25) is 0 Å². The Morgan fingerprint density at radius 2 is 1.83 bits per heavy atom. The number of amides is 3. The molecule has 1 atom stereocenters. The van der Waals surface area contributed by atoms with Crippen LogP contribution >= 0.6 is 0 Å². The van der Waals surface area contributed by atoms with Gasteiger partial charge in [-0.25, -0.2) is 4.79 Å². The van der Waals surface area contributed by atoms with Crippen molar-refractivity contribution in [3.05, 3.63) is 29.8 Å². The van der Waals surface area contributed by atoms with Gasteiger partial charge >= 0.3 is 6.03 Å². The molecule has 0 unspecified atom stereocenters. The maximum Gasteiger partial charge on any atom is 0.319 e. The third-order valence-corrected chi connectivity index (χ3v) is 4.16. The second kappa shape index (κ2) is 8.68. The molecule has 1 saturated carbocycles. The summed E-state index contributed by atoms with van der Waals surface area (Å²) in [5.74, 6) is -0.149. The molecule has 1 aromatic rings. The first-order valence-corrected chi connectivity index (χ1v) is 8.45. The average Bonchev–Trinajstić information content (AvgIpc) is 3.06. The van der Waals surface area contributed by atoms with Crippen LogP contribution in [0.15, 0.2) is 24.3 Å². The number of urea groups is 1. The minimum absolute atomic E-state index is 0.149. The number of ether oxygens (including phenoxy) is 1. The van der Waals surface area contributed by atoms with Gasteiger partial charge in [0, 0.05) is 19.8 Å². The molecule has 0 spiro atoms. The van der Waals surface area contributed by atoms with Crippen molar-refractivity contribution in [1.82, 2.24) is 10.2 Å². The van der Waals surface area contributed by atoms with Gasteiger partial charge in [0.1, 0.15) is 6.04 Å².